The zero-order valence-corrected chi connectivity index (χ0v) is 11.7. The Morgan fingerprint density at radius 2 is 2.21 bits per heavy atom. The molecule has 0 radical (unpaired) electrons. The molecule has 3 nitrogen and oxygen atoms in total. The van der Waals surface area contributed by atoms with Crippen LogP contribution in [0.3, 0.4) is 0 Å². The van der Waals surface area contributed by atoms with E-state index in [0.29, 0.717) is 0 Å². The number of aromatic nitrogens is 2. The van der Waals surface area contributed by atoms with E-state index in [9.17, 15) is 5.11 Å². The van der Waals surface area contributed by atoms with E-state index in [1.165, 1.54) is 11.1 Å². The highest BCUT2D eigenvalue weighted by atomic mass is 16.3. The van der Waals surface area contributed by atoms with Gasteiger partial charge in [0.25, 0.3) is 0 Å². The molecule has 1 heterocycles. The number of nitrogens with zero attached hydrogens (tertiary/aromatic N) is 2. The molecule has 102 valence electrons. The van der Waals surface area contributed by atoms with Gasteiger partial charge in [0.1, 0.15) is 0 Å². The number of aryl methyl sites for hydroxylation is 3. The Kier molecular flexibility index (Phi) is 4.74. The SMILES string of the molecule is CCCn1cc(C(O)CCc2cccc(C)c2)cn1. The van der Waals surface area contributed by atoms with Crippen molar-refractivity contribution in [1.29, 1.82) is 0 Å². The Morgan fingerprint density at radius 1 is 1.37 bits per heavy atom. The highest BCUT2D eigenvalue weighted by Crippen LogP contribution is 2.19. The van der Waals surface area contributed by atoms with Gasteiger partial charge in [0.15, 0.2) is 0 Å². The van der Waals surface area contributed by atoms with Crippen LogP contribution in [-0.4, -0.2) is 14.9 Å². The van der Waals surface area contributed by atoms with Crippen molar-refractivity contribution in [2.45, 2.75) is 45.8 Å². The lowest BCUT2D eigenvalue weighted by atomic mass is 10.0. The van der Waals surface area contributed by atoms with Gasteiger partial charge in [-0.3, -0.25) is 4.68 Å². The third-order valence-corrected chi connectivity index (χ3v) is 3.28. The normalized spacial score (nSPS) is 12.6. The molecule has 0 saturated carbocycles. The van der Waals surface area contributed by atoms with E-state index in [1.54, 1.807) is 6.20 Å². The number of rotatable bonds is 6. The predicted molar refractivity (Wildman–Crippen MR) is 77.0 cm³/mol. The van der Waals surface area contributed by atoms with Crippen LogP contribution in [0.1, 0.15) is 42.6 Å². The van der Waals surface area contributed by atoms with Crippen molar-refractivity contribution in [2.75, 3.05) is 0 Å². The Bertz CT molecular complexity index is 519. The van der Waals surface area contributed by atoms with Gasteiger partial charge in [-0.15, -0.1) is 0 Å². The van der Waals surface area contributed by atoms with Gasteiger partial charge >= 0.3 is 0 Å². The molecule has 3 heteroatoms. The highest BCUT2D eigenvalue weighted by Gasteiger charge is 2.10. The minimum absolute atomic E-state index is 0.425. The summed E-state index contributed by atoms with van der Waals surface area (Å²) >= 11 is 0. The second-order valence-corrected chi connectivity index (χ2v) is 5.08. The summed E-state index contributed by atoms with van der Waals surface area (Å²) in [4.78, 5) is 0. The van der Waals surface area contributed by atoms with E-state index in [4.69, 9.17) is 0 Å². The van der Waals surface area contributed by atoms with Crippen molar-refractivity contribution < 1.29 is 5.11 Å². The second kappa shape index (κ2) is 6.53. The summed E-state index contributed by atoms with van der Waals surface area (Å²) < 4.78 is 1.89. The Morgan fingerprint density at radius 3 is 2.95 bits per heavy atom. The maximum Gasteiger partial charge on any atom is 0.0823 e. The molecule has 1 atom stereocenters. The quantitative estimate of drug-likeness (QED) is 0.863. The smallest absolute Gasteiger partial charge is 0.0823 e. The molecule has 0 saturated heterocycles. The molecule has 0 amide bonds. The second-order valence-electron chi connectivity index (χ2n) is 5.08. The van der Waals surface area contributed by atoms with Gasteiger partial charge in [0.2, 0.25) is 0 Å². The maximum absolute atomic E-state index is 10.2. The van der Waals surface area contributed by atoms with Crippen LogP contribution in [0.2, 0.25) is 0 Å². The van der Waals surface area contributed by atoms with Crippen LogP contribution in [0, 0.1) is 6.92 Å². The molecule has 0 bridgehead atoms. The molecule has 0 aliphatic rings. The van der Waals surface area contributed by atoms with E-state index < -0.39 is 6.10 Å². The van der Waals surface area contributed by atoms with Gasteiger partial charge < -0.3 is 5.11 Å². The first kappa shape index (κ1) is 13.8. The minimum atomic E-state index is -0.425. The molecule has 19 heavy (non-hydrogen) atoms. The zero-order chi connectivity index (χ0) is 13.7. The topological polar surface area (TPSA) is 38.0 Å². The number of benzene rings is 1. The molecule has 1 aromatic heterocycles. The number of aliphatic hydroxyl groups is 1. The van der Waals surface area contributed by atoms with Crippen LogP contribution in [0.5, 0.6) is 0 Å². The monoisotopic (exact) mass is 258 g/mol. The Hall–Kier alpha value is -1.61. The maximum atomic E-state index is 10.2. The van der Waals surface area contributed by atoms with Crippen molar-refractivity contribution in [3.05, 3.63) is 53.3 Å². The molecule has 0 aliphatic heterocycles. The molecular formula is C16H22N2O. The molecule has 2 rings (SSSR count). The molecular weight excluding hydrogens is 236 g/mol. The summed E-state index contributed by atoms with van der Waals surface area (Å²) in [6, 6.07) is 8.44. The molecule has 1 unspecified atom stereocenters. The first-order valence-electron chi connectivity index (χ1n) is 6.95. The van der Waals surface area contributed by atoms with Crippen LogP contribution in [-0.2, 0) is 13.0 Å². The minimum Gasteiger partial charge on any atom is -0.388 e. The van der Waals surface area contributed by atoms with Crippen LogP contribution in [0.15, 0.2) is 36.7 Å². The fourth-order valence-corrected chi connectivity index (χ4v) is 2.24. The van der Waals surface area contributed by atoms with E-state index in [-0.39, 0.29) is 0 Å². The summed E-state index contributed by atoms with van der Waals surface area (Å²) in [5, 5.41) is 14.4. The summed E-state index contributed by atoms with van der Waals surface area (Å²) in [5.74, 6) is 0. The van der Waals surface area contributed by atoms with E-state index >= 15 is 0 Å². The molecule has 0 spiro atoms. The fraction of sp³-hybridized carbons (Fsp3) is 0.438. The molecule has 1 N–H and O–H groups in total. The standard InChI is InChI=1S/C16H22N2O/c1-3-9-18-12-15(11-17-18)16(19)8-7-14-6-4-5-13(2)10-14/h4-6,10-12,16,19H,3,7-9H2,1-2H3. The summed E-state index contributed by atoms with van der Waals surface area (Å²) in [6.07, 6.45) is 5.98. The Balaban J connectivity index is 1.91. The lowest BCUT2D eigenvalue weighted by Crippen LogP contribution is -1.99. The molecule has 2 aromatic rings. The van der Waals surface area contributed by atoms with Gasteiger partial charge in [-0.25, -0.2) is 0 Å². The Labute approximate surface area is 114 Å². The first-order valence-corrected chi connectivity index (χ1v) is 6.95. The highest BCUT2D eigenvalue weighted by molar-refractivity contribution is 5.22. The first-order chi connectivity index (χ1) is 9.19. The number of hydrogen-bond acceptors (Lipinski definition) is 2. The van der Waals surface area contributed by atoms with E-state index in [1.807, 2.05) is 10.9 Å². The lowest BCUT2D eigenvalue weighted by Gasteiger charge is -2.08. The third kappa shape index (κ3) is 3.93. The van der Waals surface area contributed by atoms with Crippen molar-refractivity contribution in [3.63, 3.8) is 0 Å². The van der Waals surface area contributed by atoms with Crippen molar-refractivity contribution in [1.82, 2.24) is 9.78 Å². The average Bonchev–Trinajstić information content (AvgIpc) is 2.85. The summed E-state index contributed by atoms with van der Waals surface area (Å²) in [5.41, 5.74) is 3.46. The van der Waals surface area contributed by atoms with Crippen molar-refractivity contribution >= 4 is 0 Å². The van der Waals surface area contributed by atoms with Gasteiger partial charge in [-0.05, 0) is 31.7 Å². The van der Waals surface area contributed by atoms with Gasteiger partial charge in [0, 0.05) is 18.3 Å². The molecule has 0 aliphatic carbocycles. The van der Waals surface area contributed by atoms with E-state index in [0.717, 1.165) is 31.4 Å². The van der Waals surface area contributed by atoms with E-state index in [2.05, 4.69) is 43.2 Å². The van der Waals surface area contributed by atoms with Gasteiger partial charge in [0.05, 0.1) is 12.3 Å². The van der Waals surface area contributed by atoms with Crippen molar-refractivity contribution in [3.8, 4) is 0 Å². The van der Waals surface area contributed by atoms with Crippen LogP contribution in [0.4, 0.5) is 0 Å². The zero-order valence-electron chi connectivity index (χ0n) is 11.7. The molecule has 0 fully saturated rings. The summed E-state index contributed by atoms with van der Waals surface area (Å²) in [7, 11) is 0. The van der Waals surface area contributed by atoms with Crippen LogP contribution < -0.4 is 0 Å². The fourth-order valence-electron chi connectivity index (χ4n) is 2.24. The van der Waals surface area contributed by atoms with Gasteiger partial charge in [-0.1, -0.05) is 36.8 Å². The van der Waals surface area contributed by atoms with Gasteiger partial charge in [-0.2, -0.15) is 5.10 Å². The predicted octanol–water partition coefficient (Wildman–Crippen LogP) is 3.27. The number of hydrogen-bond donors (Lipinski definition) is 1. The van der Waals surface area contributed by atoms with Crippen LogP contribution in [0.25, 0.3) is 0 Å². The average molecular weight is 258 g/mol. The van der Waals surface area contributed by atoms with Crippen molar-refractivity contribution in [2.24, 2.45) is 0 Å². The largest absolute Gasteiger partial charge is 0.388 e. The molecule has 1 aromatic carbocycles. The van der Waals surface area contributed by atoms with Crippen LogP contribution >= 0.6 is 0 Å². The summed E-state index contributed by atoms with van der Waals surface area (Å²) in [6.45, 7) is 5.12. The lowest BCUT2D eigenvalue weighted by molar-refractivity contribution is 0.167. The third-order valence-electron chi connectivity index (χ3n) is 3.28. The number of aliphatic hydroxyl groups excluding tert-OH is 1.